The van der Waals surface area contributed by atoms with Crippen molar-refractivity contribution in [2.75, 3.05) is 13.2 Å². The van der Waals surface area contributed by atoms with Crippen LogP contribution in [-0.4, -0.2) is 40.4 Å². The second-order valence-electron chi connectivity index (χ2n) is 3.60. The van der Waals surface area contributed by atoms with Crippen LogP contribution in [-0.2, 0) is 4.74 Å². The topological polar surface area (TPSA) is 69.9 Å². The molecule has 3 unspecified atom stereocenters. The van der Waals surface area contributed by atoms with E-state index < -0.39 is 18.5 Å². The van der Waals surface area contributed by atoms with Gasteiger partial charge in [0.25, 0.3) is 0 Å². The zero-order chi connectivity index (χ0) is 9.35. The molecule has 4 atom stereocenters. The van der Waals surface area contributed by atoms with Crippen LogP contribution in [0.4, 0.5) is 0 Å². The molecule has 0 spiro atoms. The van der Waals surface area contributed by atoms with Gasteiger partial charge in [0.05, 0.1) is 13.2 Å². The summed E-state index contributed by atoms with van der Waals surface area (Å²) < 4.78 is 4.97. The molecule has 0 aromatic rings. The van der Waals surface area contributed by atoms with Crippen LogP contribution in [0.25, 0.3) is 0 Å². The van der Waals surface area contributed by atoms with Crippen LogP contribution >= 0.6 is 0 Å². The lowest BCUT2D eigenvalue weighted by molar-refractivity contribution is -0.313. The molecule has 12 heavy (non-hydrogen) atoms. The van der Waals surface area contributed by atoms with Crippen LogP contribution in [0.15, 0.2) is 0 Å². The summed E-state index contributed by atoms with van der Waals surface area (Å²) in [5.74, 6) is -1.62. The third kappa shape index (κ3) is 1.47. The van der Waals surface area contributed by atoms with E-state index in [1.54, 1.807) is 0 Å². The summed E-state index contributed by atoms with van der Waals surface area (Å²) >= 11 is 0. The van der Waals surface area contributed by atoms with Crippen molar-refractivity contribution in [1.29, 1.82) is 0 Å². The average molecular weight is 176 g/mol. The quantitative estimate of drug-likeness (QED) is 0.495. The smallest absolute Gasteiger partial charge is 0.216 e. The van der Waals surface area contributed by atoms with Gasteiger partial charge in [0.1, 0.15) is 6.10 Å². The molecule has 0 amide bonds. The zero-order valence-electron chi connectivity index (χ0n) is 7.40. The van der Waals surface area contributed by atoms with Crippen molar-refractivity contribution in [1.82, 2.24) is 0 Å². The van der Waals surface area contributed by atoms with Crippen molar-refractivity contribution in [3.8, 4) is 0 Å². The Morgan fingerprint density at radius 3 is 2.58 bits per heavy atom. The van der Waals surface area contributed by atoms with E-state index in [0.29, 0.717) is 6.61 Å². The molecule has 1 fully saturated rings. The summed E-state index contributed by atoms with van der Waals surface area (Å²) in [4.78, 5) is 0. The number of aliphatic hydroxyl groups excluding tert-OH is 2. The van der Waals surface area contributed by atoms with Gasteiger partial charge in [0.15, 0.2) is 0 Å². The molecule has 0 radical (unpaired) electrons. The van der Waals surface area contributed by atoms with Gasteiger partial charge >= 0.3 is 0 Å². The summed E-state index contributed by atoms with van der Waals surface area (Å²) in [7, 11) is 0. The van der Waals surface area contributed by atoms with Crippen molar-refractivity contribution in [3.63, 3.8) is 0 Å². The van der Waals surface area contributed by atoms with Crippen LogP contribution in [0, 0.1) is 11.8 Å². The van der Waals surface area contributed by atoms with Crippen LogP contribution in [0.1, 0.15) is 13.8 Å². The molecule has 1 aliphatic rings. The van der Waals surface area contributed by atoms with E-state index in [4.69, 9.17) is 9.84 Å². The van der Waals surface area contributed by atoms with Crippen molar-refractivity contribution < 1.29 is 20.1 Å². The lowest BCUT2D eigenvalue weighted by atomic mass is 9.84. The Morgan fingerprint density at radius 1 is 1.50 bits per heavy atom. The van der Waals surface area contributed by atoms with E-state index in [9.17, 15) is 10.2 Å². The fourth-order valence-corrected chi connectivity index (χ4v) is 1.37. The van der Waals surface area contributed by atoms with Crippen molar-refractivity contribution >= 4 is 0 Å². The monoisotopic (exact) mass is 176 g/mol. The molecule has 1 aliphatic heterocycles. The Bertz CT molecular complexity index is 161. The minimum absolute atomic E-state index is 0.0594. The molecule has 72 valence electrons. The van der Waals surface area contributed by atoms with Crippen LogP contribution in [0.2, 0.25) is 0 Å². The second kappa shape index (κ2) is 3.30. The molecule has 0 aliphatic carbocycles. The number of hydrogen-bond donors (Lipinski definition) is 3. The van der Waals surface area contributed by atoms with E-state index in [-0.39, 0.29) is 11.8 Å². The van der Waals surface area contributed by atoms with Gasteiger partial charge in [-0.05, 0) is 11.8 Å². The molecule has 0 saturated carbocycles. The summed E-state index contributed by atoms with van der Waals surface area (Å²) in [6.07, 6.45) is -1.01. The normalized spacial score (nSPS) is 49.2. The lowest BCUT2D eigenvalue weighted by Gasteiger charge is -2.42. The van der Waals surface area contributed by atoms with E-state index >= 15 is 0 Å². The van der Waals surface area contributed by atoms with Crippen molar-refractivity contribution in [2.45, 2.75) is 25.7 Å². The largest absolute Gasteiger partial charge is 0.391 e. The maximum absolute atomic E-state index is 9.53. The molecule has 0 aromatic heterocycles. The van der Waals surface area contributed by atoms with Crippen molar-refractivity contribution in [3.05, 3.63) is 0 Å². The number of aliphatic hydroxyl groups is 3. The van der Waals surface area contributed by atoms with Crippen LogP contribution in [0.5, 0.6) is 0 Å². The first-order valence-electron chi connectivity index (χ1n) is 4.16. The summed E-state index contributed by atoms with van der Waals surface area (Å²) in [6, 6.07) is 0. The maximum atomic E-state index is 9.53. The van der Waals surface area contributed by atoms with E-state index in [0.717, 1.165) is 0 Å². The Kier molecular flexibility index (Phi) is 2.73. The van der Waals surface area contributed by atoms with Crippen LogP contribution in [0.3, 0.4) is 0 Å². The van der Waals surface area contributed by atoms with Gasteiger partial charge in [-0.15, -0.1) is 0 Å². The van der Waals surface area contributed by atoms with E-state index in [1.165, 1.54) is 0 Å². The Morgan fingerprint density at radius 2 is 2.08 bits per heavy atom. The Balaban J connectivity index is 2.71. The van der Waals surface area contributed by atoms with Gasteiger partial charge in [-0.2, -0.15) is 0 Å². The Labute approximate surface area is 71.8 Å². The molecule has 3 N–H and O–H groups in total. The molecule has 1 saturated heterocycles. The third-order valence-electron chi connectivity index (χ3n) is 2.68. The predicted octanol–water partition coefficient (Wildman–Crippen LogP) is -0.669. The summed E-state index contributed by atoms with van der Waals surface area (Å²) in [6.45, 7) is 3.57. The van der Waals surface area contributed by atoms with Gasteiger partial charge in [-0.25, -0.2) is 0 Å². The number of hydrogen-bond acceptors (Lipinski definition) is 4. The van der Waals surface area contributed by atoms with Crippen molar-refractivity contribution in [2.24, 2.45) is 11.8 Å². The van der Waals surface area contributed by atoms with E-state index in [1.807, 2.05) is 13.8 Å². The van der Waals surface area contributed by atoms with E-state index in [2.05, 4.69) is 0 Å². The predicted molar refractivity (Wildman–Crippen MR) is 42.3 cm³/mol. The molecule has 0 aromatic carbocycles. The fourth-order valence-electron chi connectivity index (χ4n) is 1.37. The molecule has 4 heteroatoms. The first kappa shape index (κ1) is 9.92. The maximum Gasteiger partial charge on any atom is 0.216 e. The highest BCUT2D eigenvalue weighted by Crippen LogP contribution is 2.30. The SMILES string of the molecule is CC1COC(O)(CO)C(O)[C@@H]1C. The standard InChI is InChI=1S/C8H16O4/c1-5-3-12-8(11,4-9)7(10)6(5)2/h5-7,9-11H,3-4H2,1-2H3/t5?,6-,7?,8?/m1/s1. The molecular formula is C8H16O4. The Hall–Kier alpha value is -0.160. The molecule has 4 nitrogen and oxygen atoms in total. The van der Waals surface area contributed by atoms with Gasteiger partial charge in [0.2, 0.25) is 5.79 Å². The second-order valence-corrected chi connectivity index (χ2v) is 3.60. The van der Waals surface area contributed by atoms with Gasteiger partial charge in [-0.3, -0.25) is 0 Å². The zero-order valence-corrected chi connectivity index (χ0v) is 7.40. The first-order chi connectivity index (χ1) is 5.51. The third-order valence-corrected chi connectivity index (χ3v) is 2.68. The lowest BCUT2D eigenvalue weighted by Crippen LogP contribution is -2.57. The van der Waals surface area contributed by atoms with Gasteiger partial charge in [-0.1, -0.05) is 13.8 Å². The van der Waals surface area contributed by atoms with Crippen LogP contribution < -0.4 is 0 Å². The number of rotatable bonds is 1. The first-order valence-corrected chi connectivity index (χ1v) is 4.16. The summed E-state index contributed by atoms with van der Waals surface area (Å²) in [5, 5.41) is 27.8. The molecular weight excluding hydrogens is 160 g/mol. The molecule has 0 bridgehead atoms. The highest BCUT2D eigenvalue weighted by molar-refractivity contribution is 4.87. The minimum atomic E-state index is -1.76. The highest BCUT2D eigenvalue weighted by Gasteiger charge is 2.45. The van der Waals surface area contributed by atoms with Gasteiger partial charge < -0.3 is 20.1 Å². The molecule has 1 rings (SSSR count). The summed E-state index contributed by atoms with van der Waals surface area (Å²) in [5.41, 5.74) is 0. The molecule has 1 heterocycles. The average Bonchev–Trinajstić information content (AvgIpc) is 2.09. The fraction of sp³-hybridized carbons (Fsp3) is 1.00. The minimum Gasteiger partial charge on any atom is -0.391 e. The highest BCUT2D eigenvalue weighted by atomic mass is 16.6. The van der Waals surface area contributed by atoms with Gasteiger partial charge in [0, 0.05) is 0 Å². The number of ether oxygens (including phenoxy) is 1.